The van der Waals surface area contributed by atoms with Crippen LogP contribution in [0.5, 0.6) is 0 Å². The van der Waals surface area contributed by atoms with Crippen LogP contribution in [0.1, 0.15) is 37.6 Å². The van der Waals surface area contributed by atoms with E-state index in [1.165, 1.54) is 5.56 Å². The van der Waals surface area contributed by atoms with Crippen LogP contribution < -0.4 is 0 Å². The molecule has 9 heteroatoms. The molecule has 0 bridgehead atoms. The Bertz CT molecular complexity index is 1140. The predicted molar refractivity (Wildman–Crippen MR) is 144 cm³/mol. The highest BCUT2D eigenvalue weighted by atomic mass is 35.5. The van der Waals surface area contributed by atoms with Crippen molar-refractivity contribution in [3.8, 4) is 5.69 Å². The molecule has 190 valence electrons. The van der Waals surface area contributed by atoms with Crippen molar-refractivity contribution in [2.24, 2.45) is 0 Å². The molecule has 1 aromatic heterocycles. The fourth-order valence-electron chi connectivity index (χ4n) is 4.45. The number of benzene rings is 2. The van der Waals surface area contributed by atoms with Gasteiger partial charge in [0.05, 0.1) is 0 Å². The number of aromatic nitrogens is 3. The normalized spacial score (nSPS) is 15.8. The van der Waals surface area contributed by atoms with Crippen LogP contribution >= 0.6 is 23.4 Å². The number of carbonyl (C=O) groups excluding carboxylic acids is 2. The molecule has 7 nitrogen and oxygen atoms in total. The maximum Gasteiger partial charge on any atom is 0.237 e. The van der Waals surface area contributed by atoms with Gasteiger partial charge in [-0.2, -0.15) is 0 Å². The van der Waals surface area contributed by atoms with Crippen molar-refractivity contribution in [2.45, 2.75) is 43.8 Å². The molecular formula is C27H32ClN5O2S. The number of amides is 2. The van der Waals surface area contributed by atoms with E-state index in [0.29, 0.717) is 32.5 Å². The molecule has 1 atom stereocenters. The van der Waals surface area contributed by atoms with Crippen LogP contribution in [0.4, 0.5) is 0 Å². The van der Waals surface area contributed by atoms with Gasteiger partial charge in [-0.15, -0.1) is 21.8 Å². The maximum absolute atomic E-state index is 12.7. The summed E-state index contributed by atoms with van der Waals surface area (Å²) in [4.78, 5) is 28.2. The molecule has 1 aliphatic heterocycles. The molecule has 2 amide bonds. The number of hydrogen-bond acceptors (Lipinski definition) is 5. The second-order valence-corrected chi connectivity index (χ2v) is 10.3. The van der Waals surface area contributed by atoms with Crippen LogP contribution in [0.2, 0.25) is 0 Å². The number of halogens is 1. The van der Waals surface area contributed by atoms with Crippen molar-refractivity contribution in [1.29, 1.82) is 0 Å². The second kappa shape index (κ2) is 12.9. The van der Waals surface area contributed by atoms with E-state index in [0.717, 1.165) is 35.3 Å². The molecule has 0 unspecified atom stereocenters. The number of piperazine rings is 1. The summed E-state index contributed by atoms with van der Waals surface area (Å²) in [5.74, 6) is 1.84. The third kappa shape index (κ3) is 6.68. The first-order valence-electron chi connectivity index (χ1n) is 12.4. The summed E-state index contributed by atoms with van der Waals surface area (Å²) in [5, 5.41) is 9.86. The molecule has 2 aromatic carbocycles. The van der Waals surface area contributed by atoms with E-state index in [4.69, 9.17) is 11.6 Å². The lowest BCUT2D eigenvalue weighted by atomic mass is 10.1. The fraction of sp³-hybridized carbons (Fsp3) is 0.407. The quantitative estimate of drug-likeness (QED) is 0.223. The van der Waals surface area contributed by atoms with Gasteiger partial charge >= 0.3 is 0 Å². The van der Waals surface area contributed by atoms with E-state index in [1.807, 2.05) is 48.2 Å². The highest BCUT2D eigenvalue weighted by Gasteiger charge is 2.28. The average molecular weight is 526 g/mol. The summed E-state index contributed by atoms with van der Waals surface area (Å²) in [6, 6.07) is 20.5. The Labute approximate surface area is 221 Å². The molecule has 0 spiro atoms. The molecule has 4 rings (SSSR count). The van der Waals surface area contributed by atoms with E-state index in [9.17, 15) is 9.59 Å². The molecule has 0 aliphatic carbocycles. The SMILES string of the molecule is C[C@@H]1CN(C(=O)CCCCSc2nnc(Cc3ccccc3)n2-c2ccccc2)CCN1C(=O)CCl. The standard InChI is InChI=1S/C27H32ClN5O2S/c1-21-20-31(15-16-32(21)26(35)19-28)25(34)14-8-9-17-36-27-30-29-24(18-22-10-4-2-5-11-22)33(27)23-12-6-3-7-13-23/h2-7,10-13,21H,8-9,14-20H2,1H3/t21-/m1/s1. The van der Waals surface area contributed by atoms with Gasteiger partial charge in [0, 0.05) is 50.0 Å². The first-order valence-corrected chi connectivity index (χ1v) is 13.9. The van der Waals surface area contributed by atoms with Gasteiger partial charge in [-0.3, -0.25) is 14.2 Å². The largest absolute Gasteiger partial charge is 0.339 e. The molecule has 3 aromatic rings. The van der Waals surface area contributed by atoms with Gasteiger partial charge in [0.15, 0.2) is 5.16 Å². The molecule has 0 radical (unpaired) electrons. The van der Waals surface area contributed by atoms with Gasteiger partial charge in [-0.05, 0) is 37.5 Å². The summed E-state index contributed by atoms with van der Waals surface area (Å²) >= 11 is 7.37. The molecule has 2 heterocycles. The van der Waals surface area contributed by atoms with Gasteiger partial charge in [0.1, 0.15) is 11.7 Å². The van der Waals surface area contributed by atoms with Crippen LogP contribution in [0.15, 0.2) is 65.8 Å². The van der Waals surface area contributed by atoms with E-state index in [1.54, 1.807) is 16.7 Å². The summed E-state index contributed by atoms with van der Waals surface area (Å²) in [6.07, 6.45) is 2.95. The third-order valence-corrected chi connectivity index (χ3v) is 7.59. The van der Waals surface area contributed by atoms with Crippen molar-refractivity contribution in [3.05, 3.63) is 72.1 Å². The average Bonchev–Trinajstić information content (AvgIpc) is 3.31. The summed E-state index contributed by atoms with van der Waals surface area (Å²) in [6.45, 7) is 3.66. The topological polar surface area (TPSA) is 71.3 Å². The monoisotopic (exact) mass is 525 g/mol. The lowest BCUT2D eigenvalue weighted by molar-refractivity contribution is -0.141. The Balaban J connectivity index is 1.29. The molecule has 1 fully saturated rings. The fourth-order valence-corrected chi connectivity index (χ4v) is 5.58. The minimum Gasteiger partial charge on any atom is -0.339 e. The van der Waals surface area contributed by atoms with Gasteiger partial charge in [-0.25, -0.2) is 0 Å². The third-order valence-electron chi connectivity index (χ3n) is 6.35. The van der Waals surface area contributed by atoms with Crippen molar-refractivity contribution in [3.63, 3.8) is 0 Å². The Morgan fingerprint density at radius 1 is 0.972 bits per heavy atom. The number of alkyl halides is 1. The zero-order chi connectivity index (χ0) is 25.3. The molecule has 0 N–H and O–H groups in total. The van der Waals surface area contributed by atoms with Crippen LogP contribution in [0.3, 0.4) is 0 Å². The number of hydrogen-bond donors (Lipinski definition) is 0. The Morgan fingerprint density at radius 3 is 2.39 bits per heavy atom. The van der Waals surface area contributed by atoms with Crippen molar-refractivity contribution in [1.82, 2.24) is 24.6 Å². The lowest BCUT2D eigenvalue weighted by Crippen LogP contribution is -2.55. The molecule has 0 saturated carbocycles. The lowest BCUT2D eigenvalue weighted by Gasteiger charge is -2.39. The minimum absolute atomic E-state index is 0.000986. The molecular weight excluding hydrogens is 494 g/mol. The zero-order valence-electron chi connectivity index (χ0n) is 20.6. The van der Waals surface area contributed by atoms with Crippen LogP contribution in [-0.4, -0.2) is 73.7 Å². The van der Waals surface area contributed by atoms with E-state index in [-0.39, 0.29) is 23.7 Å². The van der Waals surface area contributed by atoms with Crippen LogP contribution in [0.25, 0.3) is 5.69 Å². The number of nitrogens with zero attached hydrogens (tertiary/aromatic N) is 5. The van der Waals surface area contributed by atoms with Gasteiger partial charge in [0.25, 0.3) is 0 Å². The van der Waals surface area contributed by atoms with E-state index >= 15 is 0 Å². The van der Waals surface area contributed by atoms with Crippen molar-refractivity contribution < 1.29 is 9.59 Å². The number of unbranched alkanes of at least 4 members (excludes halogenated alkanes) is 1. The van der Waals surface area contributed by atoms with Crippen molar-refractivity contribution in [2.75, 3.05) is 31.3 Å². The number of para-hydroxylation sites is 1. The maximum atomic E-state index is 12.7. The summed E-state index contributed by atoms with van der Waals surface area (Å²) in [5.41, 5.74) is 2.24. The van der Waals surface area contributed by atoms with E-state index in [2.05, 4.69) is 39.0 Å². The summed E-state index contributed by atoms with van der Waals surface area (Å²) in [7, 11) is 0. The van der Waals surface area contributed by atoms with E-state index < -0.39 is 0 Å². The first-order chi connectivity index (χ1) is 17.6. The Hall–Kier alpha value is -2.84. The number of carbonyl (C=O) groups is 2. The van der Waals surface area contributed by atoms with Gasteiger partial charge < -0.3 is 9.80 Å². The van der Waals surface area contributed by atoms with Gasteiger partial charge in [-0.1, -0.05) is 60.3 Å². The van der Waals surface area contributed by atoms with Crippen molar-refractivity contribution >= 4 is 35.2 Å². The first kappa shape index (κ1) is 26.2. The second-order valence-electron chi connectivity index (χ2n) is 8.95. The molecule has 36 heavy (non-hydrogen) atoms. The molecule has 1 aliphatic rings. The minimum atomic E-state index is -0.0661. The molecule has 1 saturated heterocycles. The van der Waals surface area contributed by atoms with Gasteiger partial charge in [0.2, 0.25) is 11.8 Å². The Morgan fingerprint density at radius 2 is 1.69 bits per heavy atom. The summed E-state index contributed by atoms with van der Waals surface area (Å²) < 4.78 is 2.13. The number of thioether (sulfide) groups is 1. The Kier molecular flexibility index (Phi) is 9.41. The highest BCUT2D eigenvalue weighted by Crippen LogP contribution is 2.24. The van der Waals surface area contributed by atoms with Crippen LogP contribution in [-0.2, 0) is 16.0 Å². The van der Waals surface area contributed by atoms with Crippen LogP contribution in [0, 0.1) is 0 Å². The zero-order valence-corrected chi connectivity index (χ0v) is 22.1. The predicted octanol–water partition coefficient (Wildman–Crippen LogP) is 4.42. The smallest absolute Gasteiger partial charge is 0.237 e. The highest BCUT2D eigenvalue weighted by molar-refractivity contribution is 7.99. The number of rotatable bonds is 10.